The van der Waals surface area contributed by atoms with Crippen LogP contribution in [0.15, 0.2) is 194 Å². The van der Waals surface area contributed by atoms with E-state index >= 15 is 0 Å². The minimum Gasteiger partial charge on any atom is -0.309 e. The van der Waals surface area contributed by atoms with Crippen molar-refractivity contribution in [2.75, 3.05) is 0 Å². The van der Waals surface area contributed by atoms with Crippen LogP contribution in [0, 0.1) is 0 Å². The quantitative estimate of drug-likeness (QED) is 0.172. The Bertz CT molecular complexity index is 3680. The Hall–Kier alpha value is -7.82. The molecule has 58 heavy (non-hydrogen) atoms. The summed E-state index contributed by atoms with van der Waals surface area (Å²) in [4.78, 5) is 0. The Balaban J connectivity index is 1.12. The van der Waals surface area contributed by atoms with Gasteiger partial charge in [-0.2, -0.15) is 0 Å². The Labute approximate surface area is 331 Å². The molecule has 0 aliphatic carbocycles. The van der Waals surface area contributed by atoms with Gasteiger partial charge in [0.25, 0.3) is 0 Å². The molecular weight excluding hydrogens is 705 g/mol. The lowest BCUT2D eigenvalue weighted by atomic mass is 10.1. The van der Waals surface area contributed by atoms with E-state index in [1.165, 1.54) is 104 Å². The van der Waals surface area contributed by atoms with Crippen molar-refractivity contribution >= 4 is 104 Å². The largest absolute Gasteiger partial charge is 0.309 e. The molecule has 0 unspecified atom stereocenters. The fourth-order valence-electron chi connectivity index (χ4n) is 10.5. The van der Waals surface area contributed by atoms with E-state index in [4.69, 9.17) is 0 Å². The Morgan fingerprint density at radius 2 is 0.483 bits per heavy atom. The molecule has 14 aromatic rings. The van der Waals surface area contributed by atoms with Crippen LogP contribution >= 0.6 is 0 Å². The number of benzene rings is 9. The van der Waals surface area contributed by atoms with Crippen molar-refractivity contribution < 1.29 is 0 Å². The number of nitrogens with zero attached hydrogens (tertiary/aromatic N) is 4. The van der Waals surface area contributed by atoms with Gasteiger partial charge in [-0.1, -0.05) is 109 Å². The first kappa shape index (κ1) is 30.4. The van der Waals surface area contributed by atoms with E-state index in [9.17, 15) is 0 Å². The molecule has 0 aliphatic rings. The lowest BCUT2D eigenvalue weighted by Crippen LogP contribution is -1.95. The van der Waals surface area contributed by atoms with Crippen LogP contribution in [0.3, 0.4) is 0 Å². The van der Waals surface area contributed by atoms with Crippen molar-refractivity contribution in [3.05, 3.63) is 194 Å². The molecule has 0 aliphatic heterocycles. The lowest BCUT2D eigenvalue weighted by molar-refractivity contribution is 1.18. The number of rotatable bonds is 3. The van der Waals surface area contributed by atoms with Gasteiger partial charge in [-0.25, -0.2) is 0 Å². The van der Waals surface area contributed by atoms with E-state index in [2.05, 4.69) is 212 Å². The number of aromatic nitrogens is 4. The third kappa shape index (κ3) is 3.79. The molecule has 0 radical (unpaired) electrons. The average molecular weight is 737 g/mol. The third-order valence-corrected chi connectivity index (χ3v) is 12.9. The second-order valence-corrected chi connectivity index (χ2v) is 15.7. The van der Waals surface area contributed by atoms with Gasteiger partial charge in [0.2, 0.25) is 0 Å². The Morgan fingerprint density at radius 3 is 0.810 bits per heavy atom. The summed E-state index contributed by atoms with van der Waals surface area (Å²) < 4.78 is 9.84. The molecule has 0 amide bonds. The first-order chi connectivity index (χ1) is 28.8. The summed E-state index contributed by atoms with van der Waals surface area (Å²) in [5.74, 6) is 0. The van der Waals surface area contributed by atoms with Crippen molar-refractivity contribution in [2.24, 2.45) is 0 Å². The van der Waals surface area contributed by atoms with Gasteiger partial charge in [0.05, 0.1) is 49.7 Å². The SMILES string of the molecule is c1ccc2c(c1)c1ccccc1n2-c1ccc2c(c1)c1cc(-n3c4ccccc4c4ccccc43)cc3c4cc(-n5c6ccccc6c6ccccc65)ccc4n2c13. The molecule has 0 spiro atoms. The normalized spacial score (nSPS) is 12.5. The van der Waals surface area contributed by atoms with Crippen LogP contribution in [-0.4, -0.2) is 18.1 Å². The molecule has 0 atom stereocenters. The molecule has 0 bridgehead atoms. The van der Waals surface area contributed by atoms with Gasteiger partial charge < -0.3 is 18.1 Å². The summed E-state index contributed by atoms with van der Waals surface area (Å²) in [5.41, 5.74) is 14.5. The maximum atomic E-state index is 2.51. The summed E-state index contributed by atoms with van der Waals surface area (Å²) in [6.07, 6.45) is 0. The van der Waals surface area contributed by atoms with Crippen LogP contribution in [0.4, 0.5) is 0 Å². The van der Waals surface area contributed by atoms with Crippen LogP contribution in [0.5, 0.6) is 0 Å². The minimum atomic E-state index is 1.16. The van der Waals surface area contributed by atoms with Crippen LogP contribution in [-0.2, 0) is 0 Å². The van der Waals surface area contributed by atoms with E-state index in [1.807, 2.05) is 0 Å². The highest BCUT2D eigenvalue weighted by Crippen LogP contribution is 2.44. The van der Waals surface area contributed by atoms with Crippen molar-refractivity contribution in [1.82, 2.24) is 18.1 Å². The molecule has 0 saturated heterocycles. The molecule has 9 aromatic carbocycles. The monoisotopic (exact) mass is 736 g/mol. The summed E-state index contributed by atoms with van der Waals surface area (Å²) in [6, 6.07) is 71.8. The maximum absolute atomic E-state index is 2.51. The van der Waals surface area contributed by atoms with E-state index < -0.39 is 0 Å². The van der Waals surface area contributed by atoms with Gasteiger partial charge in [-0.3, -0.25) is 0 Å². The fourth-order valence-corrected chi connectivity index (χ4v) is 10.5. The Morgan fingerprint density at radius 1 is 0.207 bits per heavy atom. The van der Waals surface area contributed by atoms with Crippen molar-refractivity contribution in [3.63, 3.8) is 0 Å². The van der Waals surface area contributed by atoms with Crippen LogP contribution in [0.2, 0.25) is 0 Å². The number of para-hydroxylation sites is 6. The molecule has 0 fully saturated rings. The van der Waals surface area contributed by atoms with Crippen molar-refractivity contribution in [2.45, 2.75) is 0 Å². The van der Waals surface area contributed by atoms with Gasteiger partial charge >= 0.3 is 0 Å². The first-order valence-electron chi connectivity index (χ1n) is 20.0. The second kappa shape index (κ2) is 10.9. The molecular formula is C54H32N4. The molecule has 0 saturated carbocycles. The summed E-state index contributed by atoms with van der Waals surface area (Å²) in [5, 5.41) is 12.6. The summed E-state index contributed by atoms with van der Waals surface area (Å²) in [7, 11) is 0. The standard InChI is InChI=1S/C54H32N4/c1-7-19-46-36(13-1)37-14-2-8-20-47(37)55(46)33-25-27-52-42(29-33)44-31-35(57-50-23-11-5-17-40(50)41-18-6-12-24-51(41)57)32-45-43-30-34(26-28-53(43)58(52)54(44)45)56-48-21-9-3-15-38(48)39-16-4-10-22-49(39)56/h1-32H. The third-order valence-electron chi connectivity index (χ3n) is 12.9. The predicted octanol–water partition coefficient (Wildman–Crippen LogP) is 14.1. The van der Waals surface area contributed by atoms with E-state index in [-0.39, 0.29) is 0 Å². The van der Waals surface area contributed by atoms with Crippen LogP contribution in [0.25, 0.3) is 121 Å². The highest BCUT2D eigenvalue weighted by atomic mass is 15.0. The molecule has 4 nitrogen and oxygen atoms in total. The van der Waals surface area contributed by atoms with Crippen molar-refractivity contribution in [1.29, 1.82) is 0 Å². The number of hydrogen-bond acceptors (Lipinski definition) is 0. The zero-order valence-corrected chi connectivity index (χ0v) is 31.3. The molecule has 268 valence electrons. The zero-order valence-electron chi connectivity index (χ0n) is 31.3. The molecule has 0 N–H and O–H groups in total. The summed E-state index contributed by atoms with van der Waals surface area (Å²) >= 11 is 0. The van der Waals surface area contributed by atoms with Gasteiger partial charge in [0, 0.05) is 70.9 Å². The average Bonchev–Trinajstić information content (AvgIpc) is 4.07. The highest BCUT2D eigenvalue weighted by molar-refractivity contribution is 6.25. The maximum Gasteiger partial charge on any atom is 0.0622 e. The smallest absolute Gasteiger partial charge is 0.0622 e. The molecule has 14 rings (SSSR count). The van der Waals surface area contributed by atoms with E-state index in [0.29, 0.717) is 0 Å². The topological polar surface area (TPSA) is 19.2 Å². The minimum absolute atomic E-state index is 1.16. The van der Waals surface area contributed by atoms with Crippen LogP contribution < -0.4 is 0 Å². The molecule has 5 heterocycles. The predicted molar refractivity (Wildman–Crippen MR) is 244 cm³/mol. The van der Waals surface area contributed by atoms with Crippen molar-refractivity contribution in [3.8, 4) is 17.1 Å². The second-order valence-electron chi connectivity index (χ2n) is 15.7. The fraction of sp³-hybridized carbons (Fsp3) is 0. The molecule has 5 aromatic heterocycles. The van der Waals surface area contributed by atoms with Crippen LogP contribution in [0.1, 0.15) is 0 Å². The van der Waals surface area contributed by atoms with E-state index in [1.54, 1.807) is 0 Å². The molecule has 4 heteroatoms. The summed E-state index contributed by atoms with van der Waals surface area (Å²) in [6.45, 7) is 0. The Kier molecular flexibility index (Phi) is 5.73. The lowest BCUT2D eigenvalue weighted by Gasteiger charge is -2.11. The number of hydrogen-bond donors (Lipinski definition) is 0. The van der Waals surface area contributed by atoms with Gasteiger partial charge in [0.1, 0.15) is 0 Å². The van der Waals surface area contributed by atoms with Gasteiger partial charge in [0.15, 0.2) is 0 Å². The van der Waals surface area contributed by atoms with E-state index in [0.717, 1.165) is 17.1 Å². The van der Waals surface area contributed by atoms with Gasteiger partial charge in [-0.05, 0) is 84.9 Å². The van der Waals surface area contributed by atoms with Gasteiger partial charge in [-0.15, -0.1) is 0 Å². The first-order valence-corrected chi connectivity index (χ1v) is 20.0. The highest BCUT2D eigenvalue weighted by Gasteiger charge is 2.23. The zero-order chi connectivity index (χ0) is 37.6. The number of fused-ring (bicyclic) bond motifs is 15.